The molecule has 2 aromatic rings. The fourth-order valence-electron chi connectivity index (χ4n) is 2.03. The van der Waals surface area contributed by atoms with Crippen molar-refractivity contribution in [3.8, 4) is 17.2 Å². The Bertz CT molecular complexity index is 642. The van der Waals surface area contributed by atoms with Crippen LogP contribution in [0.3, 0.4) is 0 Å². The molecular formula is C18H20O5. The molecule has 0 bridgehead atoms. The van der Waals surface area contributed by atoms with Crippen LogP contribution >= 0.6 is 0 Å². The molecule has 0 saturated heterocycles. The van der Waals surface area contributed by atoms with E-state index in [0.29, 0.717) is 17.2 Å². The molecule has 122 valence electrons. The topological polar surface area (TPSA) is 54.0 Å². The van der Waals surface area contributed by atoms with E-state index >= 15 is 0 Å². The second-order valence-electron chi connectivity index (χ2n) is 5.38. The van der Waals surface area contributed by atoms with Crippen molar-refractivity contribution in [2.45, 2.75) is 19.4 Å². The summed E-state index contributed by atoms with van der Waals surface area (Å²) in [5, 5.41) is 0. The van der Waals surface area contributed by atoms with Crippen molar-refractivity contribution < 1.29 is 23.7 Å². The lowest BCUT2D eigenvalue weighted by Gasteiger charge is -2.25. The molecule has 0 spiro atoms. The summed E-state index contributed by atoms with van der Waals surface area (Å²) in [7, 11) is 3.13. The van der Waals surface area contributed by atoms with Gasteiger partial charge >= 0.3 is 6.16 Å². The molecule has 0 heterocycles. The number of rotatable bonds is 5. The fraction of sp³-hybridized carbons (Fsp3) is 0.278. The molecule has 0 atom stereocenters. The summed E-state index contributed by atoms with van der Waals surface area (Å²) in [5.41, 5.74) is -0.174. The second kappa shape index (κ2) is 7.05. The van der Waals surface area contributed by atoms with Crippen LogP contribution in [0.2, 0.25) is 0 Å². The summed E-state index contributed by atoms with van der Waals surface area (Å²) in [5.74, 6) is 1.66. The van der Waals surface area contributed by atoms with Crippen LogP contribution < -0.4 is 14.2 Å². The Balaban J connectivity index is 2.16. The van der Waals surface area contributed by atoms with Crippen LogP contribution in [0, 0.1) is 0 Å². The van der Waals surface area contributed by atoms with E-state index in [9.17, 15) is 4.79 Å². The predicted octanol–water partition coefficient (Wildman–Crippen LogP) is 4.15. The molecule has 0 fully saturated rings. The van der Waals surface area contributed by atoms with Gasteiger partial charge in [-0.05, 0) is 38.1 Å². The van der Waals surface area contributed by atoms with Crippen molar-refractivity contribution >= 4 is 6.16 Å². The molecule has 0 aromatic heterocycles. The van der Waals surface area contributed by atoms with Gasteiger partial charge in [0.1, 0.15) is 22.8 Å². The monoisotopic (exact) mass is 316 g/mol. The lowest BCUT2D eigenvalue weighted by atomic mass is 9.97. The van der Waals surface area contributed by atoms with E-state index in [2.05, 4.69) is 0 Å². The number of carbonyl (C=O) groups excluding carboxylic acids is 1. The Kier molecular flexibility index (Phi) is 5.11. The van der Waals surface area contributed by atoms with E-state index in [1.165, 1.54) is 0 Å². The fourth-order valence-corrected chi connectivity index (χ4v) is 2.03. The van der Waals surface area contributed by atoms with Gasteiger partial charge in [0.05, 0.1) is 14.2 Å². The molecule has 5 heteroatoms. The Morgan fingerprint density at radius 1 is 0.870 bits per heavy atom. The van der Waals surface area contributed by atoms with E-state index in [1.807, 2.05) is 6.07 Å². The predicted molar refractivity (Wildman–Crippen MR) is 86.1 cm³/mol. The maximum atomic E-state index is 12.0. The summed E-state index contributed by atoms with van der Waals surface area (Å²) in [4.78, 5) is 12.0. The van der Waals surface area contributed by atoms with Crippen molar-refractivity contribution in [3.05, 3.63) is 54.1 Å². The normalized spacial score (nSPS) is 10.8. The molecule has 0 N–H and O–H groups in total. The summed E-state index contributed by atoms with van der Waals surface area (Å²) in [6.45, 7) is 3.54. The minimum absolute atomic E-state index is 0.427. The molecule has 0 radical (unpaired) electrons. The summed E-state index contributed by atoms with van der Waals surface area (Å²) in [6, 6.07) is 14.1. The maximum absolute atomic E-state index is 12.0. The van der Waals surface area contributed by atoms with Crippen LogP contribution in [-0.2, 0) is 10.3 Å². The number of benzene rings is 2. The third kappa shape index (κ3) is 4.39. The molecule has 0 aliphatic rings. The van der Waals surface area contributed by atoms with Gasteiger partial charge in [0.25, 0.3) is 0 Å². The number of carbonyl (C=O) groups is 1. The standard InChI is InChI=1S/C18H20O5/c1-18(2,13-10-15(20-3)12-16(11-13)21-4)23-17(19)22-14-8-6-5-7-9-14/h5-12H,1-4H3. The first-order valence-electron chi connectivity index (χ1n) is 7.14. The first-order valence-corrected chi connectivity index (χ1v) is 7.14. The highest BCUT2D eigenvalue weighted by Crippen LogP contribution is 2.32. The van der Waals surface area contributed by atoms with Gasteiger partial charge in [-0.25, -0.2) is 4.79 Å². The lowest BCUT2D eigenvalue weighted by Crippen LogP contribution is -2.27. The van der Waals surface area contributed by atoms with Crippen LogP contribution in [0.25, 0.3) is 0 Å². The Morgan fingerprint density at radius 2 is 1.43 bits per heavy atom. The molecule has 0 amide bonds. The van der Waals surface area contributed by atoms with Gasteiger partial charge in [-0.3, -0.25) is 0 Å². The minimum Gasteiger partial charge on any atom is -0.497 e. The molecular weight excluding hydrogens is 296 g/mol. The molecule has 0 unspecified atom stereocenters. The van der Waals surface area contributed by atoms with Crippen LogP contribution in [0.15, 0.2) is 48.5 Å². The summed E-state index contributed by atoms with van der Waals surface area (Å²) < 4.78 is 21.1. The zero-order valence-electron chi connectivity index (χ0n) is 13.7. The molecule has 0 saturated carbocycles. The van der Waals surface area contributed by atoms with Crippen molar-refractivity contribution in [2.75, 3.05) is 14.2 Å². The number of hydrogen-bond acceptors (Lipinski definition) is 5. The zero-order chi connectivity index (χ0) is 16.9. The third-order valence-electron chi connectivity index (χ3n) is 3.33. The highest BCUT2D eigenvalue weighted by atomic mass is 16.7. The van der Waals surface area contributed by atoms with E-state index < -0.39 is 11.8 Å². The SMILES string of the molecule is COc1cc(OC)cc(C(C)(C)OC(=O)Oc2ccccc2)c1. The van der Waals surface area contributed by atoms with Crippen LogP contribution in [0.4, 0.5) is 4.79 Å². The number of hydrogen-bond donors (Lipinski definition) is 0. The highest BCUT2D eigenvalue weighted by molar-refractivity contribution is 5.64. The Labute approximate surface area is 135 Å². The van der Waals surface area contributed by atoms with Gasteiger partial charge in [-0.1, -0.05) is 18.2 Å². The Morgan fingerprint density at radius 3 is 1.96 bits per heavy atom. The van der Waals surface area contributed by atoms with E-state index in [0.717, 1.165) is 5.56 Å². The van der Waals surface area contributed by atoms with E-state index in [-0.39, 0.29) is 0 Å². The maximum Gasteiger partial charge on any atom is 0.514 e. The molecule has 0 aliphatic carbocycles. The van der Waals surface area contributed by atoms with Gasteiger partial charge < -0.3 is 18.9 Å². The van der Waals surface area contributed by atoms with Gasteiger partial charge in [0.2, 0.25) is 0 Å². The van der Waals surface area contributed by atoms with E-state index in [1.54, 1.807) is 70.5 Å². The van der Waals surface area contributed by atoms with Crippen LogP contribution in [0.5, 0.6) is 17.2 Å². The average molecular weight is 316 g/mol. The first-order chi connectivity index (χ1) is 10.9. The molecule has 2 aromatic carbocycles. The molecule has 2 rings (SSSR count). The van der Waals surface area contributed by atoms with Gasteiger partial charge in [-0.15, -0.1) is 0 Å². The van der Waals surface area contributed by atoms with Gasteiger partial charge in [0.15, 0.2) is 0 Å². The van der Waals surface area contributed by atoms with Crippen LogP contribution in [0.1, 0.15) is 19.4 Å². The minimum atomic E-state index is -0.909. The summed E-state index contributed by atoms with van der Waals surface area (Å²) in [6.07, 6.45) is -0.775. The van der Waals surface area contributed by atoms with Crippen molar-refractivity contribution in [1.29, 1.82) is 0 Å². The molecule has 5 nitrogen and oxygen atoms in total. The lowest BCUT2D eigenvalue weighted by molar-refractivity contribution is 0.00613. The number of ether oxygens (including phenoxy) is 4. The number of methoxy groups -OCH3 is 2. The third-order valence-corrected chi connectivity index (χ3v) is 3.33. The van der Waals surface area contributed by atoms with Gasteiger partial charge in [0, 0.05) is 11.6 Å². The van der Waals surface area contributed by atoms with E-state index in [4.69, 9.17) is 18.9 Å². The zero-order valence-corrected chi connectivity index (χ0v) is 13.7. The molecule has 23 heavy (non-hydrogen) atoms. The van der Waals surface area contributed by atoms with Gasteiger partial charge in [-0.2, -0.15) is 0 Å². The largest absolute Gasteiger partial charge is 0.514 e. The van der Waals surface area contributed by atoms with Crippen molar-refractivity contribution in [3.63, 3.8) is 0 Å². The van der Waals surface area contributed by atoms with Crippen molar-refractivity contribution in [1.82, 2.24) is 0 Å². The van der Waals surface area contributed by atoms with Crippen molar-refractivity contribution in [2.24, 2.45) is 0 Å². The summed E-state index contributed by atoms with van der Waals surface area (Å²) >= 11 is 0. The highest BCUT2D eigenvalue weighted by Gasteiger charge is 2.28. The molecule has 0 aliphatic heterocycles. The average Bonchev–Trinajstić information content (AvgIpc) is 2.54. The number of para-hydroxylation sites is 1. The quantitative estimate of drug-likeness (QED) is 0.612. The van der Waals surface area contributed by atoms with Crippen LogP contribution in [-0.4, -0.2) is 20.4 Å². The first kappa shape index (κ1) is 16.7. The smallest absolute Gasteiger partial charge is 0.497 e. The Hall–Kier alpha value is -2.69. The second-order valence-corrected chi connectivity index (χ2v) is 5.38.